The predicted molar refractivity (Wildman–Crippen MR) is 259 cm³/mol. The molecule has 0 bridgehead atoms. The van der Waals surface area contributed by atoms with Gasteiger partial charge in [0.1, 0.15) is 0 Å². The molecular formula is C59H48N2. The molecule has 0 spiro atoms. The van der Waals surface area contributed by atoms with Gasteiger partial charge in [0.25, 0.3) is 0 Å². The highest BCUT2D eigenvalue weighted by Gasteiger charge is 2.36. The van der Waals surface area contributed by atoms with Crippen LogP contribution in [0.15, 0.2) is 218 Å². The average Bonchev–Trinajstić information content (AvgIpc) is 3.53. The van der Waals surface area contributed by atoms with Crippen LogP contribution in [0.4, 0.5) is 34.1 Å². The average molecular weight is 785 g/mol. The number of hydrogen-bond acceptors (Lipinski definition) is 2. The molecule has 10 rings (SSSR count). The standard InChI is InChI=1S/C59H48N2/c1-41-15-19-43(20-16-41)44-21-31-52(32-22-44)61(50-13-9-6-10-14-50)54-35-25-46(26-36-54)48-28-38-56-55-37-27-47(39-57(55)59(3,4)58(56)40-48)45-23-33-53(34-24-45)60(49-11-7-5-8-12-49)51-29-17-42(2)18-30-51/h5-40H,1-4H3. The molecule has 1 aliphatic carbocycles. The van der Waals surface area contributed by atoms with E-state index in [1.54, 1.807) is 0 Å². The Hall–Kier alpha value is -7.42. The van der Waals surface area contributed by atoms with Crippen LogP contribution in [0.2, 0.25) is 0 Å². The lowest BCUT2D eigenvalue weighted by molar-refractivity contribution is 0.661. The van der Waals surface area contributed by atoms with Crippen molar-refractivity contribution in [1.82, 2.24) is 0 Å². The van der Waals surface area contributed by atoms with Gasteiger partial charge < -0.3 is 9.80 Å². The molecule has 0 N–H and O–H groups in total. The van der Waals surface area contributed by atoms with Crippen molar-refractivity contribution in [3.05, 3.63) is 241 Å². The molecule has 2 heteroatoms. The first kappa shape index (κ1) is 37.8. The Labute approximate surface area is 360 Å². The van der Waals surface area contributed by atoms with Crippen molar-refractivity contribution in [2.45, 2.75) is 33.1 Å². The summed E-state index contributed by atoms with van der Waals surface area (Å²) < 4.78 is 0. The zero-order valence-corrected chi connectivity index (χ0v) is 35.2. The second kappa shape index (κ2) is 15.6. The summed E-state index contributed by atoms with van der Waals surface area (Å²) in [6, 6.07) is 79.7. The molecule has 1 aliphatic rings. The fourth-order valence-corrected chi connectivity index (χ4v) is 8.99. The zero-order valence-electron chi connectivity index (χ0n) is 35.2. The monoisotopic (exact) mass is 784 g/mol. The highest BCUT2D eigenvalue weighted by atomic mass is 15.1. The molecule has 0 unspecified atom stereocenters. The van der Waals surface area contributed by atoms with Gasteiger partial charge in [0.15, 0.2) is 0 Å². The van der Waals surface area contributed by atoms with E-state index in [1.165, 1.54) is 66.8 Å². The molecule has 0 aliphatic heterocycles. The Balaban J connectivity index is 0.920. The first-order chi connectivity index (χ1) is 29.8. The summed E-state index contributed by atoms with van der Waals surface area (Å²) in [6.07, 6.45) is 0. The van der Waals surface area contributed by atoms with E-state index in [1.807, 2.05) is 0 Å². The van der Waals surface area contributed by atoms with Gasteiger partial charge in [-0.3, -0.25) is 0 Å². The van der Waals surface area contributed by atoms with Gasteiger partial charge in [0.2, 0.25) is 0 Å². The fraction of sp³-hybridized carbons (Fsp3) is 0.0847. The molecule has 294 valence electrons. The van der Waals surface area contributed by atoms with Crippen molar-refractivity contribution >= 4 is 34.1 Å². The lowest BCUT2D eigenvalue weighted by atomic mass is 9.81. The predicted octanol–water partition coefficient (Wildman–Crippen LogP) is 16.6. The van der Waals surface area contributed by atoms with E-state index in [0.29, 0.717) is 0 Å². The lowest BCUT2D eigenvalue weighted by Gasteiger charge is -2.26. The van der Waals surface area contributed by atoms with Crippen LogP contribution < -0.4 is 9.80 Å². The van der Waals surface area contributed by atoms with Gasteiger partial charge in [-0.25, -0.2) is 0 Å². The van der Waals surface area contributed by atoms with Crippen LogP contribution in [0, 0.1) is 13.8 Å². The minimum Gasteiger partial charge on any atom is -0.311 e. The summed E-state index contributed by atoms with van der Waals surface area (Å²) in [5.41, 5.74) is 21.9. The number of rotatable bonds is 9. The van der Waals surface area contributed by atoms with E-state index in [9.17, 15) is 0 Å². The van der Waals surface area contributed by atoms with Crippen molar-refractivity contribution in [3.63, 3.8) is 0 Å². The molecule has 2 nitrogen and oxygen atoms in total. The largest absolute Gasteiger partial charge is 0.311 e. The quantitative estimate of drug-likeness (QED) is 0.144. The number of nitrogens with zero attached hydrogens (tertiary/aromatic N) is 2. The molecular weight excluding hydrogens is 737 g/mol. The van der Waals surface area contributed by atoms with Crippen molar-refractivity contribution in [1.29, 1.82) is 0 Å². The van der Waals surface area contributed by atoms with Crippen LogP contribution in [0.25, 0.3) is 44.5 Å². The number of benzene rings is 9. The number of anilines is 6. The Morgan fingerprint density at radius 3 is 0.902 bits per heavy atom. The van der Waals surface area contributed by atoms with Crippen molar-refractivity contribution < 1.29 is 0 Å². The van der Waals surface area contributed by atoms with E-state index in [2.05, 4.69) is 256 Å². The maximum Gasteiger partial charge on any atom is 0.0462 e. The number of aryl methyl sites for hydroxylation is 2. The third-order valence-electron chi connectivity index (χ3n) is 12.4. The van der Waals surface area contributed by atoms with Gasteiger partial charge in [0.05, 0.1) is 0 Å². The fourth-order valence-electron chi connectivity index (χ4n) is 8.99. The van der Waals surface area contributed by atoms with Gasteiger partial charge in [0, 0.05) is 39.5 Å². The Morgan fingerprint density at radius 1 is 0.279 bits per heavy atom. The zero-order chi connectivity index (χ0) is 41.5. The molecule has 9 aromatic carbocycles. The summed E-state index contributed by atoms with van der Waals surface area (Å²) in [6.45, 7) is 9.01. The highest BCUT2D eigenvalue weighted by molar-refractivity contribution is 5.87. The summed E-state index contributed by atoms with van der Waals surface area (Å²) in [7, 11) is 0. The smallest absolute Gasteiger partial charge is 0.0462 e. The molecule has 0 saturated heterocycles. The Kier molecular flexibility index (Phi) is 9.70. The van der Waals surface area contributed by atoms with Crippen LogP contribution in [0.5, 0.6) is 0 Å². The first-order valence-electron chi connectivity index (χ1n) is 21.2. The van der Waals surface area contributed by atoms with E-state index < -0.39 is 0 Å². The maximum absolute atomic E-state index is 2.42. The van der Waals surface area contributed by atoms with Crippen LogP contribution >= 0.6 is 0 Å². The topological polar surface area (TPSA) is 6.48 Å². The second-order valence-corrected chi connectivity index (χ2v) is 16.8. The molecule has 0 saturated carbocycles. The van der Waals surface area contributed by atoms with E-state index in [4.69, 9.17) is 0 Å². The molecule has 0 radical (unpaired) electrons. The van der Waals surface area contributed by atoms with Gasteiger partial charge in [-0.1, -0.05) is 158 Å². The third kappa shape index (κ3) is 7.21. The van der Waals surface area contributed by atoms with Crippen LogP contribution in [0.1, 0.15) is 36.1 Å². The van der Waals surface area contributed by atoms with Gasteiger partial charge >= 0.3 is 0 Å². The third-order valence-corrected chi connectivity index (χ3v) is 12.4. The van der Waals surface area contributed by atoms with Crippen LogP contribution in [-0.4, -0.2) is 0 Å². The van der Waals surface area contributed by atoms with E-state index in [-0.39, 0.29) is 5.41 Å². The molecule has 61 heavy (non-hydrogen) atoms. The van der Waals surface area contributed by atoms with E-state index >= 15 is 0 Å². The van der Waals surface area contributed by atoms with Crippen LogP contribution in [0.3, 0.4) is 0 Å². The van der Waals surface area contributed by atoms with Gasteiger partial charge in [-0.05, 0) is 154 Å². The van der Waals surface area contributed by atoms with E-state index in [0.717, 1.165) is 34.1 Å². The summed E-state index contributed by atoms with van der Waals surface area (Å²) in [4.78, 5) is 4.65. The summed E-state index contributed by atoms with van der Waals surface area (Å²) in [5, 5.41) is 0. The summed E-state index contributed by atoms with van der Waals surface area (Å²) >= 11 is 0. The number of fused-ring (bicyclic) bond motifs is 3. The Morgan fingerprint density at radius 2 is 0.541 bits per heavy atom. The highest BCUT2D eigenvalue weighted by Crippen LogP contribution is 2.51. The minimum atomic E-state index is -0.152. The first-order valence-corrected chi connectivity index (χ1v) is 21.2. The Bertz CT molecular complexity index is 2950. The molecule has 0 atom stereocenters. The molecule has 0 heterocycles. The molecule has 0 amide bonds. The molecule has 9 aromatic rings. The molecule has 0 aromatic heterocycles. The minimum absolute atomic E-state index is 0.152. The van der Waals surface area contributed by atoms with Crippen molar-refractivity contribution in [3.8, 4) is 44.5 Å². The normalized spacial score (nSPS) is 12.4. The number of hydrogen-bond donors (Lipinski definition) is 0. The molecule has 0 fully saturated rings. The second-order valence-electron chi connectivity index (χ2n) is 16.8. The SMILES string of the molecule is Cc1ccc(-c2ccc(N(c3ccccc3)c3ccc(-c4ccc5c(c4)C(C)(C)c4cc(-c6ccc(N(c7ccccc7)c7ccc(C)cc7)cc6)ccc4-5)cc3)cc2)cc1. The van der Waals surface area contributed by atoms with Gasteiger partial charge in [-0.15, -0.1) is 0 Å². The van der Waals surface area contributed by atoms with Crippen molar-refractivity contribution in [2.24, 2.45) is 0 Å². The van der Waals surface area contributed by atoms with Gasteiger partial charge in [-0.2, -0.15) is 0 Å². The lowest BCUT2D eigenvalue weighted by Crippen LogP contribution is -2.15. The van der Waals surface area contributed by atoms with Crippen molar-refractivity contribution in [2.75, 3.05) is 9.80 Å². The number of para-hydroxylation sites is 2. The van der Waals surface area contributed by atoms with Crippen LogP contribution in [-0.2, 0) is 5.41 Å². The summed E-state index contributed by atoms with van der Waals surface area (Å²) in [5.74, 6) is 0. The maximum atomic E-state index is 2.42.